The highest BCUT2D eigenvalue weighted by Crippen LogP contribution is 2.21. The minimum Gasteiger partial charge on any atom is -0.375 e. The molecule has 2 rings (SSSR count). The first-order valence-electron chi connectivity index (χ1n) is 8.23. The van der Waals surface area contributed by atoms with E-state index in [-0.39, 0.29) is 36.2 Å². The van der Waals surface area contributed by atoms with Gasteiger partial charge in [0.2, 0.25) is 11.8 Å². The van der Waals surface area contributed by atoms with Gasteiger partial charge < -0.3 is 14.5 Å². The normalized spacial score (nSPS) is 18.9. The second kappa shape index (κ2) is 8.24. The van der Waals surface area contributed by atoms with Crippen LogP contribution < -0.4 is 0 Å². The van der Waals surface area contributed by atoms with Crippen LogP contribution in [0.5, 0.6) is 0 Å². The van der Waals surface area contributed by atoms with Crippen LogP contribution in [-0.4, -0.2) is 54.5 Å². The number of hydrogen-bond donors (Lipinski definition) is 0. The third kappa shape index (κ3) is 4.54. The first-order valence-corrected chi connectivity index (χ1v) is 8.23. The molecule has 1 fully saturated rings. The molecule has 0 unspecified atom stereocenters. The third-order valence-corrected chi connectivity index (χ3v) is 4.38. The van der Waals surface area contributed by atoms with Gasteiger partial charge >= 0.3 is 0 Å². The van der Waals surface area contributed by atoms with Gasteiger partial charge in [0.05, 0.1) is 6.04 Å². The van der Waals surface area contributed by atoms with Gasteiger partial charge in [-0.25, -0.2) is 4.39 Å². The summed E-state index contributed by atoms with van der Waals surface area (Å²) in [5.74, 6) is -0.173. The zero-order chi connectivity index (χ0) is 17.7. The summed E-state index contributed by atoms with van der Waals surface area (Å²) in [5, 5.41) is 0. The van der Waals surface area contributed by atoms with Gasteiger partial charge in [-0.15, -0.1) is 0 Å². The Morgan fingerprint density at radius 3 is 2.58 bits per heavy atom. The van der Waals surface area contributed by atoms with Crippen LogP contribution in [0.3, 0.4) is 0 Å². The molecule has 0 radical (unpaired) electrons. The van der Waals surface area contributed by atoms with E-state index in [0.29, 0.717) is 26.1 Å². The fourth-order valence-electron chi connectivity index (χ4n) is 2.98. The number of rotatable bonds is 5. The van der Waals surface area contributed by atoms with Gasteiger partial charge in [-0.05, 0) is 23.6 Å². The summed E-state index contributed by atoms with van der Waals surface area (Å²) in [4.78, 5) is 28.3. The fourth-order valence-corrected chi connectivity index (χ4v) is 2.98. The Morgan fingerprint density at radius 2 is 2.00 bits per heavy atom. The summed E-state index contributed by atoms with van der Waals surface area (Å²) in [6.07, 6.45) is 0.292. The average Bonchev–Trinajstić information content (AvgIpc) is 2.70. The molecule has 1 heterocycles. The number of halogens is 1. The third-order valence-electron chi connectivity index (χ3n) is 4.38. The Morgan fingerprint density at radius 1 is 1.33 bits per heavy atom. The second-order valence-corrected chi connectivity index (χ2v) is 6.48. The first-order chi connectivity index (χ1) is 11.4. The Bertz CT molecular complexity index is 574. The predicted octanol–water partition coefficient (Wildman–Crippen LogP) is 2.06. The highest BCUT2D eigenvalue weighted by molar-refractivity contribution is 5.81. The number of carbonyl (C=O) groups is 2. The van der Waals surface area contributed by atoms with E-state index in [0.717, 1.165) is 5.56 Å². The van der Waals surface area contributed by atoms with E-state index in [2.05, 4.69) is 0 Å². The van der Waals surface area contributed by atoms with Crippen molar-refractivity contribution >= 4 is 11.8 Å². The molecule has 0 aliphatic carbocycles. The lowest BCUT2D eigenvalue weighted by Gasteiger charge is -2.34. The zero-order valence-electron chi connectivity index (χ0n) is 14.5. The van der Waals surface area contributed by atoms with Gasteiger partial charge in [-0.2, -0.15) is 0 Å². The lowest BCUT2D eigenvalue weighted by molar-refractivity contribution is -0.136. The monoisotopic (exact) mass is 336 g/mol. The Balaban J connectivity index is 2.19. The minimum absolute atomic E-state index is 0.0192. The van der Waals surface area contributed by atoms with E-state index in [1.54, 1.807) is 17.0 Å². The quantitative estimate of drug-likeness (QED) is 0.827. The van der Waals surface area contributed by atoms with Crippen LogP contribution in [0.25, 0.3) is 0 Å². The van der Waals surface area contributed by atoms with Crippen LogP contribution in [0.2, 0.25) is 0 Å². The number of ether oxygens (including phenoxy) is 1. The second-order valence-electron chi connectivity index (χ2n) is 6.48. The molecular formula is C18H25FN2O3. The Labute approximate surface area is 142 Å². The molecular weight excluding hydrogens is 311 g/mol. The smallest absolute Gasteiger partial charge is 0.248 e. The molecule has 1 aliphatic rings. The number of methoxy groups -OCH3 is 1. The lowest BCUT2D eigenvalue weighted by atomic mass is 10.0. The van der Waals surface area contributed by atoms with Crippen molar-refractivity contribution in [2.45, 2.75) is 32.9 Å². The lowest BCUT2D eigenvalue weighted by Crippen LogP contribution is -2.47. The number of nitrogens with zero attached hydrogens (tertiary/aromatic N) is 2. The summed E-state index contributed by atoms with van der Waals surface area (Å²) >= 11 is 0. The van der Waals surface area contributed by atoms with Crippen molar-refractivity contribution in [3.63, 3.8) is 0 Å². The molecule has 5 nitrogen and oxygen atoms in total. The predicted molar refractivity (Wildman–Crippen MR) is 88.6 cm³/mol. The van der Waals surface area contributed by atoms with Crippen molar-refractivity contribution < 1.29 is 18.7 Å². The number of amides is 2. The highest BCUT2D eigenvalue weighted by atomic mass is 19.1. The molecule has 132 valence electrons. The van der Waals surface area contributed by atoms with E-state index < -0.39 is 0 Å². The van der Waals surface area contributed by atoms with Crippen molar-refractivity contribution in [3.8, 4) is 0 Å². The number of benzene rings is 1. The van der Waals surface area contributed by atoms with E-state index in [4.69, 9.17) is 4.74 Å². The summed E-state index contributed by atoms with van der Waals surface area (Å²) in [6.45, 7) is 5.43. The standard InChI is InChI=1S/C18H25FN2O3/c1-13(2)16-11-20(18(23)12-24-3)9-8-17(22)21(16)10-14-4-6-15(19)7-5-14/h4-7,13,16H,8-12H2,1-3H3/t16-/m1/s1. The van der Waals surface area contributed by atoms with Crippen LogP contribution in [0.1, 0.15) is 25.8 Å². The summed E-state index contributed by atoms with van der Waals surface area (Å²) in [6, 6.07) is 6.11. The molecule has 1 atom stereocenters. The summed E-state index contributed by atoms with van der Waals surface area (Å²) < 4.78 is 18.0. The molecule has 0 N–H and O–H groups in total. The Kier molecular flexibility index (Phi) is 6.31. The van der Waals surface area contributed by atoms with E-state index >= 15 is 0 Å². The molecule has 2 amide bonds. The molecule has 1 saturated heterocycles. The molecule has 1 aromatic carbocycles. The molecule has 1 aromatic rings. The molecule has 0 saturated carbocycles. The maximum Gasteiger partial charge on any atom is 0.248 e. The van der Waals surface area contributed by atoms with E-state index in [9.17, 15) is 14.0 Å². The van der Waals surface area contributed by atoms with Gasteiger partial charge in [0, 0.05) is 33.2 Å². The van der Waals surface area contributed by atoms with Crippen LogP contribution >= 0.6 is 0 Å². The van der Waals surface area contributed by atoms with Gasteiger partial charge in [0.15, 0.2) is 0 Å². The van der Waals surface area contributed by atoms with Crippen LogP contribution in [-0.2, 0) is 20.9 Å². The van der Waals surface area contributed by atoms with Gasteiger partial charge in [0.1, 0.15) is 12.4 Å². The van der Waals surface area contributed by atoms with Crippen molar-refractivity contribution in [3.05, 3.63) is 35.6 Å². The van der Waals surface area contributed by atoms with E-state index in [1.165, 1.54) is 19.2 Å². The molecule has 6 heteroatoms. The van der Waals surface area contributed by atoms with Crippen LogP contribution in [0.15, 0.2) is 24.3 Å². The SMILES string of the molecule is COCC(=O)N1CCC(=O)N(Cc2ccc(F)cc2)[C@@H](C(C)C)C1. The van der Waals surface area contributed by atoms with Gasteiger partial charge in [0.25, 0.3) is 0 Å². The molecule has 0 aromatic heterocycles. The van der Waals surface area contributed by atoms with Crippen molar-refractivity contribution in [1.82, 2.24) is 9.80 Å². The Hall–Kier alpha value is -1.95. The maximum absolute atomic E-state index is 13.1. The molecule has 0 spiro atoms. The maximum atomic E-state index is 13.1. The van der Waals surface area contributed by atoms with Gasteiger partial charge in [-0.1, -0.05) is 26.0 Å². The van der Waals surface area contributed by atoms with Gasteiger partial charge in [-0.3, -0.25) is 9.59 Å². The fraction of sp³-hybridized carbons (Fsp3) is 0.556. The van der Waals surface area contributed by atoms with Crippen LogP contribution in [0, 0.1) is 11.7 Å². The first kappa shape index (κ1) is 18.4. The van der Waals surface area contributed by atoms with Crippen molar-refractivity contribution in [2.24, 2.45) is 5.92 Å². The van der Waals surface area contributed by atoms with E-state index in [1.807, 2.05) is 18.7 Å². The largest absolute Gasteiger partial charge is 0.375 e. The number of hydrogen-bond acceptors (Lipinski definition) is 3. The summed E-state index contributed by atoms with van der Waals surface area (Å²) in [7, 11) is 1.49. The topological polar surface area (TPSA) is 49.9 Å². The molecule has 1 aliphatic heterocycles. The number of carbonyl (C=O) groups excluding carboxylic acids is 2. The molecule has 24 heavy (non-hydrogen) atoms. The van der Waals surface area contributed by atoms with Crippen molar-refractivity contribution in [2.75, 3.05) is 26.8 Å². The van der Waals surface area contributed by atoms with Crippen molar-refractivity contribution in [1.29, 1.82) is 0 Å². The molecule has 0 bridgehead atoms. The highest BCUT2D eigenvalue weighted by Gasteiger charge is 2.33. The minimum atomic E-state index is -0.294. The average molecular weight is 336 g/mol. The summed E-state index contributed by atoms with van der Waals surface area (Å²) in [5.41, 5.74) is 0.882. The van der Waals surface area contributed by atoms with Crippen LogP contribution in [0.4, 0.5) is 4.39 Å². The zero-order valence-corrected chi connectivity index (χ0v) is 14.5.